The Morgan fingerprint density at radius 3 is 2.65 bits per heavy atom. The smallest absolute Gasteiger partial charge is 0.265 e. The molecule has 0 aliphatic heterocycles. The van der Waals surface area contributed by atoms with Gasteiger partial charge in [0.15, 0.2) is 0 Å². The molecule has 1 heterocycles. The van der Waals surface area contributed by atoms with Crippen LogP contribution in [0, 0.1) is 12.7 Å². The van der Waals surface area contributed by atoms with E-state index in [1.54, 1.807) is 0 Å². The number of sulfonamides is 1. The third kappa shape index (κ3) is 2.95. The molecule has 0 unspecified atom stereocenters. The highest BCUT2D eigenvalue weighted by Crippen LogP contribution is 2.24. The van der Waals surface area contributed by atoms with Crippen molar-refractivity contribution in [1.82, 2.24) is 0 Å². The number of aryl methyl sites for hydroxylation is 1. The predicted molar refractivity (Wildman–Crippen MR) is 73.6 cm³/mol. The maximum absolute atomic E-state index is 13.3. The van der Waals surface area contributed by atoms with Crippen LogP contribution < -0.4 is 10.5 Å². The molecular weight excluding hydrogens is 307 g/mol. The Morgan fingerprint density at radius 1 is 1.40 bits per heavy atom. The summed E-state index contributed by atoms with van der Waals surface area (Å²) in [5.41, 5.74) is 5.46. The quantitative estimate of drug-likeness (QED) is 0.907. The van der Waals surface area contributed by atoms with E-state index in [9.17, 15) is 12.8 Å². The number of nitrogens with two attached hydrogens (primary N) is 1. The molecule has 5 nitrogen and oxygen atoms in total. The largest absolute Gasteiger partial charge is 0.464 e. The minimum atomic E-state index is -3.87. The zero-order valence-electron chi connectivity index (χ0n) is 10.5. The van der Waals surface area contributed by atoms with E-state index in [1.165, 1.54) is 25.1 Å². The van der Waals surface area contributed by atoms with Crippen molar-refractivity contribution in [3.05, 3.63) is 46.6 Å². The minimum absolute atomic E-state index is 0.0340. The van der Waals surface area contributed by atoms with E-state index in [2.05, 4.69) is 4.72 Å². The summed E-state index contributed by atoms with van der Waals surface area (Å²) in [6.07, 6.45) is 0. The number of furan rings is 1. The van der Waals surface area contributed by atoms with E-state index in [4.69, 9.17) is 21.8 Å². The number of anilines is 1. The Bertz CT molecular complexity index is 743. The van der Waals surface area contributed by atoms with Gasteiger partial charge in [-0.1, -0.05) is 11.6 Å². The monoisotopic (exact) mass is 318 g/mol. The van der Waals surface area contributed by atoms with Gasteiger partial charge >= 0.3 is 0 Å². The van der Waals surface area contributed by atoms with E-state index in [0.29, 0.717) is 5.76 Å². The van der Waals surface area contributed by atoms with Gasteiger partial charge in [-0.15, -0.1) is 0 Å². The van der Waals surface area contributed by atoms with Gasteiger partial charge in [0.25, 0.3) is 10.0 Å². The summed E-state index contributed by atoms with van der Waals surface area (Å²) in [6, 6.07) is 4.97. The van der Waals surface area contributed by atoms with Crippen LogP contribution in [0.1, 0.15) is 11.5 Å². The molecule has 108 valence electrons. The SMILES string of the molecule is Cc1oc(CN)cc1S(=O)(=O)Nc1ccc(Cl)c(F)c1. The van der Waals surface area contributed by atoms with Gasteiger partial charge in [-0.25, -0.2) is 12.8 Å². The Morgan fingerprint density at radius 2 is 2.10 bits per heavy atom. The minimum Gasteiger partial charge on any atom is -0.464 e. The number of hydrogen-bond donors (Lipinski definition) is 2. The molecule has 0 fully saturated rings. The molecule has 20 heavy (non-hydrogen) atoms. The van der Waals surface area contributed by atoms with Crippen LogP contribution in [0.15, 0.2) is 33.6 Å². The van der Waals surface area contributed by atoms with Crippen LogP contribution in [0.5, 0.6) is 0 Å². The lowest BCUT2D eigenvalue weighted by molar-refractivity contribution is 0.479. The molecule has 1 aromatic heterocycles. The van der Waals surface area contributed by atoms with Crippen molar-refractivity contribution in [2.75, 3.05) is 4.72 Å². The van der Waals surface area contributed by atoms with Gasteiger partial charge in [-0.3, -0.25) is 4.72 Å². The van der Waals surface area contributed by atoms with Gasteiger partial charge in [0, 0.05) is 6.07 Å². The first kappa shape index (κ1) is 14.8. The van der Waals surface area contributed by atoms with E-state index < -0.39 is 15.8 Å². The molecule has 3 N–H and O–H groups in total. The summed E-state index contributed by atoms with van der Waals surface area (Å²) in [5.74, 6) is -0.143. The lowest BCUT2D eigenvalue weighted by Crippen LogP contribution is -2.13. The standard InChI is InChI=1S/C12H12ClFN2O3S/c1-7-12(5-9(6-15)19-7)20(17,18)16-8-2-3-10(13)11(14)4-8/h2-5,16H,6,15H2,1H3. The fourth-order valence-corrected chi connectivity index (χ4v) is 3.03. The van der Waals surface area contributed by atoms with Crippen molar-refractivity contribution in [3.63, 3.8) is 0 Å². The van der Waals surface area contributed by atoms with Crippen LogP contribution in [-0.4, -0.2) is 8.42 Å². The molecule has 1 aromatic carbocycles. The summed E-state index contributed by atoms with van der Waals surface area (Å²) in [5, 5.41) is -0.0853. The zero-order chi connectivity index (χ0) is 14.9. The Balaban J connectivity index is 2.35. The fraction of sp³-hybridized carbons (Fsp3) is 0.167. The van der Waals surface area contributed by atoms with Crippen molar-refractivity contribution < 1.29 is 17.2 Å². The second-order valence-electron chi connectivity index (χ2n) is 4.07. The number of halogens is 2. The number of hydrogen-bond acceptors (Lipinski definition) is 4. The van der Waals surface area contributed by atoms with Gasteiger partial charge in [-0.05, 0) is 25.1 Å². The molecule has 0 spiro atoms. The van der Waals surface area contributed by atoms with Gasteiger partial charge in [-0.2, -0.15) is 0 Å². The average molecular weight is 319 g/mol. The first-order valence-electron chi connectivity index (χ1n) is 5.60. The Labute approximate surface area is 120 Å². The van der Waals surface area contributed by atoms with E-state index >= 15 is 0 Å². The average Bonchev–Trinajstić information content (AvgIpc) is 2.76. The molecule has 0 radical (unpaired) electrons. The zero-order valence-corrected chi connectivity index (χ0v) is 12.1. The lowest BCUT2D eigenvalue weighted by Gasteiger charge is -2.07. The lowest BCUT2D eigenvalue weighted by atomic mass is 10.3. The van der Waals surface area contributed by atoms with Crippen molar-refractivity contribution in [2.24, 2.45) is 5.73 Å². The number of rotatable bonds is 4. The molecule has 2 aromatic rings. The highest BCUT2D eigenvalue weighted by Gasteiger charge is 2.21. The molecule has 0 atom stereocenters. The van der Waals surface area contributed by atoms with Gasteiger partial charge < -0.3 is 10.2 Å². The molecule has 8 heteroatoms. The molecule has 0 bridgehead atoms. The third-order valence-electron chi connectivity index (χ3n) is 2.59. The van der Waals surface area contributed by atoms with Gasteiger partial charge in [0.05, 0.1) is 17.3 Å². The molecular formula is C12H12ClFN2O3S. The second kappa shape index (κ2) is 5.43. The number of benzene rings is 1. The maximum Gasteiger partial charge on any atom is 0.265 e. The van der Waals surface area contributed by atoms with Crippen molar-refractivity contribution in [3.8, 4) is 0 Å². The summed E-state index contributed by atoms with van der Waals surface area (Å²) >= 11 is 5.54. The van der Waals surface area contributed by atoms with Crippen molar-refractivity contribution in [1.29, 1.82) is 0 Å². The third-order valence-corrected chi connectivity index (χ3v) is 4.38. The molecule has 0 aliphatic rings. The predicted octanol–water partition coefficient (Wildman–Crippen LogP) is 2.64. The normalized spacial score (nSPS) is 11.6. The first-order chi connectivity index (χ1) is 9.33. The maximum atomic E-state index is 13.3. The van der Waals surface area contributed by atoms with E-state index in [-0.39, 0.29) is 27.9 Å². The molecule has 0 saturated carbocycles. The van der Waals surface area contributed by atoms with Crippen LogP contribution in [0.25, 0.3) is 0 Å². The Kier molecular flexibility index (Phi) is 4.03. The number of nitrogens with one attached hydrogen (secondary N) is 1. The topological polar surface area (TPSA) is 85.3 Å². The first-order valence-corrected chi connectivity index (χ1v) is 7.47. The van der Waals surface area contributed by atoms with Gasteiger partial charge in [0.2, 0.25) is 0 Å². The summed E-state index contributed by atoms with van der Waals surface area (Å²) in [6.45, 7) is 1.60. The van der Waals surface area contributed by atoms with Crippen LogP contribution in [-0.2, 0) is 16.6 Å². The summed E-state index contributed by atoms with van der Waals surface area (Å²) in [4.78, 5) is -0.0340. The highest BCUT2D eigenvalue weighted by molar-refractivity contribution is 7.92. The van der Waals surface area contributed by atoms with Crippen molar-refractivity contribution >= 4 is 27.3 Å². The van der Waals surface area contributed by atoms with Crippen LogP contribution in [0.2, 0.25) is 5.02 Å². The molecule has 2 rings (SSSR count). The van der Waals surface area contributed by atoms with E-state index in [1.807, 2.05) is 0 Å². The van der Waals surface area contributed by atoms with Crippen LogP contribution in [0.3, 0.4) is 0 Å². The summed E-state index contributed by atoms with van der Waals surface area (Å²) in [7, 11) is -3.87. The highest BCUT2D eigenvalue weighted by atomic mass is 35.5. The second-order valence-corrected chi connectivity index (χ2v) is 6.13. The Hall–Kier alpha value is -1.57. The molecule has 0 saturated heterocycles. The molecule has 0 aliphatic carbocycles. The van der Waals surface area contributed by atoms with Crippen LogP contribution in [0.4, 0.5) is 10.1 Å². The molecule has 0 amide bonds. The van der Waals surface area contributed by atoms with Crippen molar-refractivity contribution in [2.45, 2.75) is 18.4 Å². The van der Waals surface area contributed by atoms with Gasteiger partial charge in [0.1, 0.15) is 22.2 Å². The summed E-state index contributed by atoms with van der Waals surface area (Å²) < 4.78 is 45.1. The fourth-order valence-electron chi connectivity index (χ4n) is 1.66. The van der Waals surface area contributed by atoms with Crippen LogP contribution >= 0.6 is 11.6 Å². The van der Waals surface area contributed by atoms with E-state index in [0.717, 1.165) is 6.07 Å².